The molecule has 0 aliphatic carbocycles. The van der Waals surface area contributed by atoms with E-state index in [9.17, 15) is 14.7 Å². The number of hydrogen-bond donors (Lipinski definition) is 1. The summed E-state index contributed by atoms with van der Waals surface area (Å²) in [7, 11) is 1.33. The Morgan fingerprint density at radius 1 is 1.00 bits per heavy atom. The predicted molar refractivity (Wildman–Crippen MR) is 141 cm³/mol. The fraction of sp³-hybridized carbons (Fsp3) is 0.267. The van der Waals surface area contributed by atoms with Crippen LogP contribution in [0.4, 0.5) is 0 Å². The van der Waals surface area contributed by atoms with E-state index in [-0.39, 0.29) is 17.3 Å². The summed E-state index contributed by atoms with van der Waals surface area (Å²) in [6, 6.07) is 18.9. The number of ether oxygens (including phenoxy) is 2. The summed E-state index contributed by atoms with van der Waals surface area (Å²) >= 11 is 0. The highest BCUT2D eigenvalue weighted by molar-refractivity contribution is 6.15. The number of aromatic hydroxyl groups is 1. The van der Waals surface area contributed by atoms with Crippen molar-refractivity contribution in [2.24, 2.45) is 0 Å². The average Bonchev–Trinajstić information content (AvgIpc) is 3.24. The quantitative estimate of drug-likeness (QED) is 0.398. The number of aryl methyl sites for hydroxylation is 1. The number of piperazine rings is 1. The molecule has 2 aliphatic rings. The summed E-state index contributed by atoms with van der Waals surface area (Å²) in [6.07, 6.45) is 1.66. The minimum Gasteiger partial charge on any atom is -0.507 e. The van der Waals surface area contributed by atoms with Gasteiger partial charge in [-0.05, 0) is 47.9 Å². The molecule has 0 radical (unpaired) electrons. The number of ketones is 1. The molecular formula is C30H30N2O5. The maximum absolute atomic E-state index is 13.2. The smallest absolute Gasteiger partial charge is 0.337 e. The number of phenols is 1. The summed E-state index contributed by atoms with van der Waals surface area (Å²) in [5.74, 6) is 0.143. The van der Waals surface area contributed by atoms with Crippen LogP contribution in [0.15, 0.2) is 66.4 Å². The van der Waals surface area contributed by atoms with Gasteiger partial charge in [-0.15, -0.1) is 0 Å². The summed E-state index contributed by atoms with van der Waals surface area (Å²) in [4.78, 5) is 29.7. The van der Waals surface area contributed by atoms with Gasteiger partial charge in [0.05, 0.1) is 23.8 Å². The molecule has 0 amide bonds. The van der Waals surface area contributed by atoms with E-state index in [1.54, 1.807) is 43.3 Å². The van der Waals surface area contributed by atoms with Crippen LogP contribution in [0.2, 0.25) is 0 Å². The number of carbonyl (C=O) groups is 2. The SMILES string of the molecule is COC(=O)c1ccc(/C=C2\Oc3c(CN4CCN(Cc5ccccc5)CC4)c(O)cc(C)c3C2=O)cc1. The van der Waals surface area contributed by atoms with E-state index in [1.165, 1.54) is 12.7 Å². The molecule has 0 aromatic heterocycles. The number of hydrogen-bond acceptors (Lipinski definition) is 7. The fourth-order valence-electron chi connectivity index (χ4n) is 4.89. The molecule has 1 saturated heterocycles. The Morgan fingerprint density at radius 2 is 1.65 bits per heavy atom. The molecule has 7 nitrogen and oxygen atoms in total. The van der Waals surface area contributed by atoms with Gasteiger partial charge in [0.1, 0.15) is 11.5 Å². The molecule has 0 atom stereocenters. The van der Waals surface area contributed by atoms with Gasteiger partial charge in [0.25, 0.3) is 0 Å². The second-order valence-electron chi connectivity index (χ2n) is 9.49. The first kappa shape index (κ1) is 24.7. The Balaban J connectivity index is 1.31. The molecule has 3 aromatic rings. The lowest BCUT2D eigenvalue weighted by molar-refractivity contribution is 0.0600. The van der Waals surface area contributed by atoms with Crippen molar-refractivity contribution in [1.29, 1.82) is 0 Å². The molecule has 190 valence electrons. The highest BCUT2D eigenvalue weighted by Crippen LogP contribution is 2.42. The molecule has 0 unspecified atom stereocenters. The molecule has 3 aromatic carbocycles. The number of Topliss-reactive ketones (excluding diaryl/α,β-unsaturated/α-hetero) is 1. The van der Waals surface area contributed by atoms with Crippen molar-refractivity contribution < 1.29 is 24.2 Å². The Hall–Kier alpha value is -3.94. The second-order valence-corrected chi connectivity index (χ2v) is 9.49. The zero-order valence-electron chi connectivity index (χ0n) is 21.1. The summed E-state index contributed by atoms with van der Waals surface area (Å²) in [5.41, 5.74) is 4.26. The minimum atomic E-state index is -0.420. The summed E-state index contributed by atoms with van der Waals surface area (Å²) in [6.45, 7) is 6.80. The third-order valence-electron chi connectivity index (χ3n) is 6.95. The van der Waals surface area contributed by atoms with Crippen LogP contribution in [-0.2, 0) is 17.8 Å². The molecule has 7 heteroatoms. The van der Waals surface area contributed by atoms with Gasteiger partial charge in [0.15, 0.2) is 5.76 Å². The van der Waals surface area contributed by atoms with Crippen LogP contribution in [0.1, 0.15) is 43.0 Å². The largest absolute Gasteiger partial charge is 0.507 e. The van der Waals surface area contributed by atoms with Gasteiger partial charge in [-0.25, -0.2) is 4.79 Å². The van der Waals surface area contributed by atoms with Gasteiger partial charge in [-0.2, -0.15) is 0 Å². The number of phenolic OH excluding ortho intramolecular Hbond substituents is 1. The normalized spacial score (nSPS) is 17.0. The van der Waals surface area contributed by atoms with Gasteiger partial charge in [-0.3, -0.25) is 14.6 Å². The van der Waals surface area contributed by atoms with Gasteiger partial charge in [0.2, 0.25) is 5.78 Å². The van der Waals surface area contributed by atoms with E-state index in [2.05, 4.69) is 34.1 Å². The van der Waals surface area contributed by atoms with Crippen LogP contribution in [0.25, 0.3) is 6.08 Å². The molecular weight excluding hydrogens is 468 g/mol. The number of methoxy groups -OCH3 is 1. The van der Waals surface area contributed by atoms with E-state index in [4.69, 9.17) is 9.47 Å². The second kappa shape index (κ2) is 10.6. The molecule has 0 saturated carbocycles. The van der Waals surface area contributed by atoms with E-state index >= 15 is 0 Å². The van der Waals surface area contributed by atoms with Crippen molar-refractivity contribution in [3.8, 4) is 11.5 Å². The Bertz CT molecular complexity index is 1340. The van der Waals surface area contributed by atoms with E-state index in [1.807, 2.05) is 6.07 Å². The zero-order chi connectivity index (χ0) is 25.9. The number of nitrogens with zero attached hydrogens (tertiary/aromatic N) is 2. The fourth-order valence-corrected chi connectivity index (χ4v) is 4.89. The van der Waals surface area contributed by atoms with E-state index in [0.717, 1.165) is 38.3 Å². The van der Waals surface area contributed by atoms with Crippen LogP contribution in [0.3, 0.4) is 0 Å². The van der Waals surface area contributed by atoms with Crippen molar-refractivity contribution in [2.75, 3.05) is 33.3 Å². The summed E-state index contributed by atoms with van der Waals surface area (Å²) < 4.78 is 10.8. The Labute approximate surface area is 216 Å². The van der Waals surface area contributed by atoms with Crippen molar-refractivity contribution in [2.45, 2.75) is 20.0 Å². The van der Waals surface area contributed by atoms with Crippen LogP contribution >= 0.6 is 0 Å². The third kappa shape index (κ3) is 5.28. The molecule has 37 heavy (non-hydrogen) atoms. The predicted octanol–water partition coefficient (Wildman–Crippen LogP) is 4.42. The van der Waals surface area contributed by atoms with Crippen LogP contribution < -0.4 is 4.74 Å². The number of fused-ring (bicyclic) bond motifs is 1. The molecule has 1 fully saturated rings. The number of allylic oxidation sites excluding steroid dienone is 1. The lowest BCUT2D eigenvalue weighted by Crippen LogP contribution is -2.45. The lowest BCUT2D eigenvalue weighted by Gasteiger charge is -2.35. The first-order valence-electron chi connectivity index (χ1n) is 12.4. The highest BCUT2D eigenvalue weighted by atomic mass is 16.5. The van der Waals surface area contributed by atoms with Crippen molar-refractivity contribution in [3.63, 3.8) is 0 Å². The van der Waals surface area contributed by atoms with Crippen LogP contribution in [0, 0.1) is 6.92 Å². The minimum absolute atomic E-state index is 0.138. The van der Waals surface area contributed by atoms with E-state index in [0.29, 0.717) is 34.5 Å². The molecule has 1 N–H and O–H groups in total. The highest BCUT2D eigenvalue weighted by Gasteiger charge is 2.34. The summed E-state index contributed by atoms with van der Waals surface area (Å²) in [5, 5.41) is 10.8. The van der Waals surface area contributed by atoms with Gasteiger partial charge >= 0.3 is 5.97 Å². The third-order valence-corrected chi connectivity index (χ3v) is 6.95. The standard InChI is InChI=1S/C30H30N2O5/c1-20-16-25(33)24(19-32-14-12-31(13-15-32)18-22-6-4-3-5-7-22)29-27(20)28(34)26(37-29)17-21-8-10-23(11-9-21)30(35)36-2/h3-11,16-17,33H,12-15,18-19H2,1-2H3/b26-17-. The maximum Gasteiger partial charge on any atom is 0.337 e. The number of benzene rings is 3. The number of carbonyl (C=O) groups excluding carboxylic acids is 2. The van der Waals surface area contributed by atoms with Gasteiger partial charge in [-0.1, -0.05) is 42.5 Å². The van der Waals surface area contributed by atoms with Crippen molar-refractivity contribution in [1.82, 2.24) is 9.80 Å². The van der Waals surface area contributed by atoms with Crippen LogP contribution in [0.5, 0.6) is 11.5 Å². The average molecular weight is 499 g/mol. The number of esters is 1. The van der Waals surface area contributed by atoms with Gasteiger partial charge < -0.3 is 14.6 Å². The van der Waals surface area contributed by atoms with Crippen molar-refractivity contribution >= 4 is 17.8 Å². The van der Waals surface area contributed by atoms with Crippen molar-refractivity contribution in [3.05, 3.63) is 99.8 Å². The molecule has 0 bridgehead atoms. The van der Waals surface area contributed by atoms with Gasteiger partial charge in [0, 0.05) is 39.3 Å². The molecule has 5 rings (SSSR count). The van der Waals surface area contributed by atoms with E-state index < -0.39 is 5.97 Å². The molecule has 2 aliphatic heterocycles. The first-order valence-corrected chi connectivity index (χ1v) is 12.4. The Morgan fingerprint density at radius 3 is 2.30 bits per heavy atom. The zero-order valence-corrected chi connectivity index (χ0v) is 21.1. The topological polar surface area (TPSA) is 79.3 Å². The maximum atomic E-state index is 13.2. The van der Waals surface area contributed by atoms with Crippen LogP contribution in [-0.4, -0.2) is 59.9 Å². The first-order chi connectivity index (χ1) is 17.9. The lowest BCUT2D eigenvalue weighted by atomic mass is 9.99. The molecule has 2 heterocycles. The monoisotopic (exact) mass is 498 g/mol. The molecule has 0 spiro atoms. The number of rotatable bonds is 6. The Kier molecular flexibility index (Phi) is 7.08.